The summed E-state index contributed by atoms with van der Waals surface area (Å²) < 4.78 is 5.46. The number of aromatic nitrogens is 1. The van der Waals surface area contributed by atoms with E-state index in [1.807, 2.05) is 20.8 Å². The minimum absolute atomic E-state index is 0.204. The van der Waals surface area contributed by atoms with Gasteiger partial charge in [0, 0.05) is 63.0 Å². The summed E-state index contributed by atoms with van der Waals surface area (Å²) in [5, 5.41) is 2.36. The molecule has 1 aromatic rings. The van der Waals surface area contributed by atoms with Crippen LogP contribution in [0.5, 0.6) is 0 Å². The SMILES string of the molecule is CC(C)(C)OC(=O)N1CCN(Cc2nccc3c2CN(C2(C)CCC(=O)NC2=O)C3=O)CC1. The summed E-state index contributed by atoms with van der Waals surface area (Å²) in [7, 11) is 0. The smallest absolute Gasteiger partial charge is 0.410 e. The molecule has 1 unspecified atom stereocenters. The zero-order valence-corrected chi connectivity index (χ0v) is 19.6. The van der Waals surface area contributed by atoms with E-state index in [9.17, 15) is 19.2 Å². The van der Waals surface area contributed by atoms with Gasteiger partial charge in [-0.05, 0) is 40.2 Å². The summed E-state index contributed by atoms with van der Waals surface area (Å²) in [5.74, 6) is -0.961. The number of carbonyl (C=O) groups excluding carboxylic acids is 4. The summed E-state index contributed by atoms with van der Waals surface area (Å²) in [6, 6.07) is 1.69. The molecular weight excluding hydrogens is 426 g/mol. The first-order chi connectivity index (χ1) is 15.5. The number of nitrogens with zero attached hydrogens (tertiary/aromatic N) is 4. The van der Waals surface area contributed by atoms with E-state index in [4.69, 9.17) is 4.74 Å². The van der Waals surface area contributed by atoms with Crippen LogP contribution in [-0.4, -0.2) is 80.8 Å². The number of nitrogens with one attached hydrogen (secondary N) is 1. The van der Waals surface area contributed by atoms with Crippen molar-refractivity contribution in [3.05, 3.63) is 29.1 Å². The van der Waals surface area contributed by atoms with E-state index in [2.05, 4.69) is 15.2 Å². The average molecular weight is 458 g/mol. The van der Waals surface area contributed by atoms with Gasteiger partial charge in [-0.25, -0.2) is 4.79 Å². The van der Waals surface area contributed by atoms with Crippen molar-refractivity contribution in [1.82, 2.24) is 25.0 Å². The van der Waals surface area contributed by atoms with Crippen molar-refractivity contribution in [3.63, 3.8) is 0 Å². The van der Waals surface area contributed by atoms with Crippen molar-refractivity contribution in [2.45, 2.75) is 64.8 Å². The number of carbonyl (C=O) groups is 4. The molecule has 0 aliphatic carbocycles. The first kappa shape index (κ1) is 23.2. The Hall–Kier alpha value is -3.01. The number of pyridine rings is 1. The first-order valence-corrected chi connectivity index (χ1v) is 11.3. The van der Waals surface area contributed by atoms with Gasteiger partial charge in [-0.15, -0.1) is 0 Å². The molecule has 3 aliphatic heterocycles. The fraction of sp³-hybridized carbons (Fsp3) is 0.609. The summed E-state index contributed by atoms with van der Waals surface area (Å²) >= 11 is 0. The highest BCUT2D eigenvalue weighted by molar-refractivity contribution is 6.07. The third-order valence-corrected chi connectivity index (χ3v) is 6.51. The van der Waals surface area contributed by atoms with Crippen LogP contribution in [-0.2, 0) is 27.4 Å². The maximum absolute atomic E-state index is 13.2. The second kappa shape index (κ2) is 8.40. The van der Waals surface area contributed by atoms with Gasteiger partial charge >= 0.3 is 6.09 Å². The largest absolute Gasteiger partial charge is 0.444 e. The van der Waals surface area contributed by atoms with Crippen LogP contribution in [0.4, 0.5) is 4.79 Å². The molecular formula is C23H31N5O5. The number of ether oxygens (including phenoxy) is 1. The monoisotopic (exact) mass is 457 g/mol. The zero-order chi connectivity index (χ0) is 24.0. The van der Waals surface area contributed by atoms with Crippen LogP contribution in [0, 0.1) is 0 Å². The minimum Gasteiger partial charge on any atom is -0.444 e. The number of hydrogen-bond donors (Lipinski definition) is 1. The van der Waals surface area contributed by atoms with Crippen molar-refractivity contribution in [1.29, 1.82) is 0 Å². The van der Waals surface area contributed by atoms with Crippen molar-refractivity contribution in [2.75, 3.05) is 26.2 Å². The normalized spacial score (nSPS) is 24.1. The number of piperazine rings is 1. The molecule has 1 atom stereocenters. The van der Waals surface area contributed by atoms with E-state index in [-0.39, 0.29) is 30.9 Å². The Balaban J connectivity index is 1.43. The van der Waals surface area contributed by atoms with Crippen LogP contribution in [0.1, 0.15) is 62.2 Å². The minimum atomic E-state index is -1.07. The van der Waals surface area contributed by atoms with Crippen LogP contribution in [0.3, 0.4) is 0 Å². The van der Waals surface area contributed by atoms with Crippen molar-refractivity contribution < 1.29 is 23.9 Å². The molecule has 2 saturated heterocycles. The summed E-state index contributed by atoms with van der Waals surface area (Å²) in [6.07, 6.45) is 1.82. The fourth-order valence-electron chi connectivity index (χ4n) is 4.50. The van der Waals surface area contributed by atoms with Crippen molar-refractivity contribution in [2.24, 2.45) is 0 Å². The van der Waals surface area contributed by atoms with E-state index >= 15 is 0 Å². The second-order valence-electron chi connectivity index (χ2n) is 10.1. The number of fused-ring (bicyclic) bond motifs is 1. The Morgan fingerprint density at radius 3 is 2.52 bits per heavy atom. The average Bonchev–Trinajstić information content (AvgIpc) is 3.09. The Morgan fingerprint density at radius 1 is 1.18 bits per heavy atom. The maximum Gasteiger partial charge on any atom is 0.410 e. The number of piperidine rings is 1. The highest BCUT2D eigenvalue weighted by atomic mass is 16.6. The third-order valence-electron chi connectivity index (χ3n) is 6.51. The zero-order valence-electron chi connectivity index (χ0n) is 19.6. The van der Waals surface area contributed by atoms with Gasteiger partial charge in [0.2, 0.25) is 5.91 Å². The molecule has 1 N–H and O–H groups in total. The summed E-state index contributed by atoms with van der Waals surface area (Å²) in [6.45, 7) is 10.5. The molecule has 33 heavy (non-hydrogen) atoms. The molecule has 0 saturated carbocycles. The van der Waals surface area contributed by atoms with Crippen LogP contribution in [0.15, 0.2) is 12.3 Å². The molecule has 10 heteroatoms. The van der Waals surface area contributed by atoms with Gasteiger partial charge in [-0.1, -0.05) is 0 Å². The van der Waals surface area contributed by atoms with Gasteiger partial charge in [0.25, 0.3) is 11.8 Å². The van der Waals surface area contributed by atoms with Crippen LogP contribution >= 0.6 is 0 Å². The fourth-order valence-corrected chi connectivity index (χ4v) is 4.50. The van der Waals surface area contributed by atoms with Gasteiger partial charge in [-0.3, -0.25) is 29.6 Å². The van der Waals surface area contributed by atoms with E-state index in [0.29, 0.717) is 44.7 Å². The Bertz CT molecular complexity index is 995. The Morgan fingerprint density at radius 2 is 1.88 bits per heavy atom. The van der Waals surface area contributed by atoms with Crippen LogP contribution in [0.25, 0.3) is 0 Å². The number of amides is 4. The van der Waals surface area contributed by atoms with Gasteiger partial charge < -0.3 is 14.5 Å². The number of imide groups is 1. The lowest BCUT2D eigenvalue weighted by atomic mass is 9.89. The molecule has 0 aromatic carbocycles. The molecule has 2 fully saturated rings. The lowest BCUT2D eigenvalue weighted by molar-refractivity contribution is -0.142. The van der Waals surface area contributed by atoms with Crippen molar-refractivity contribution >= 4 is 23.8 Å². The van der Waals surface area contributed by atoms with E-state index in [0.717, 1.165) is 11.3 Å². The topological polar surface area (TPSA) is 112 Å². The molecule has 10 nitrogen and oxygen atoms in total. The standard InChI is InChI=1S/C23H31N5O5/c1-22(2,3)33-21(32)27-11-9-26(10-12-27)14-17-16-13-28(19(30)15(16)6-8-24-17)23(4)7-5-18(29)25-20(23)31/h6,8H,5,7,9-14H2,1-4H3,(H,25,29,31). The van der Waals surface area contributed by atoms with Crippen LogP contribution in [0.2, 0.25) is 0 Å². The molecule has 0 bridgehead atoms. The molecule has 0 radical (unpaired) electrons. The van der Waals surface area contributed by atoms with Gasteiger partial charge in [-0.2, -0.15) is 0 Å². The molecule has 0 spiro atoms. The number of hydrogen-bond acceptors (Lipinski definition) is 7. The second-order valence-corrected chi connectivity index (χ2v) is 10.1. The quantitative estimate of drug-likeness (QED) is 0.681. The molecule has 3 aliphatic rings. The lowest BCUT2D eigenvalue weighted by Crippen LogP contribution is -2.61. The van der Waals surface area contributed by atoms with Gasteiger partial charge in [0.05, 0.1) is 5.69 Å². The first-order valence-electron chi connectivity index (χ1n) is 11.3. The lowest BCUT2D eigenvalue weighted by Gasteiger charge is -2.39. The Labute approximate surface area is 193 Å². The predicted molar refractivity (Wildman–Crippen MR) is 118 cm³/mol. The molecule has 178 valence electrons. The number of rotatable bonds is 3. The molecule has 4 rings (SSSR count). The molecule has 4 amide bonds. The summed E-state index contributed by atoms with van der Waals surface area (Å²) in [4.78, 5) is 59.7. The van der Waals surface area contributed by atoms with E-state index in [1.54, 1.807) is 29.0 Å². The van der Waals surface area contributed by atoms with E-state index in [1.165, 1.54) is 0 Å². The van der Waals surface area contributed by atoms with Gasteiger partial charge in [0.1, 0.15) is 11.1 Å². The highest BCUT2D eigenvalue weighted by Crippen LogP contribution is 2.35. The Kier molecular flexibility index (Phi) is 5.90. The molecule has 1 aromatic heterocycles. The van der Waals surface area contributed by atoms with E-state index < -0.39 is 17.0 Å². The maximum atomic E-state index is 13.2. The third kappa shape index (κ3) is 4.57. The van der Waals surface area contributed by atoms with Crippen LogP contribution < -0.4 is 5.32 Å². The molecule has 4 heterocycles. The predicted octanol–water partition coefficient (Wildman–Crippen LogP) is 1.29. The van der Waals surface area contributed by atoms with Gasteiger partial charge in [0.15, 0.2) is 0 Å². The summed E-state index contributed by atoms with van der Waals surface area (Å²) in [5.41, 5.74) is 0.576. The van der Waals surface area contributed by atoms with Crippen molar-refractivity contribution in [3.8, 4) is 0 Å². The highest BCUT2D eigenvalue weighted by Gasteiger charge is 2.49.